The molecule has 0 spiro atoms. The van der Waals surface area contributed by atoms with E-state index < -0.39 is 0 Å². The maximum Gasteiger partial charge on any atom is 0.247 e. The van der Waals surface area contributed by atoms with Crippen LogP contribution in [0.5, 0.6) is 5.75 Å². The van der Waals surface area contributed by atoms with Gasteiger partial charge < -0.3 is 9.15 Å². The number of nitrogens with zero attached hydrogens (tertiary/aromatic N) is 3. The highest BCUT2D eigenvalue weighted by Gasteiger charge is 2.19. The topological polar surface area (TPSA) is 51.4 Å². The van der Waals surface area contributed by atoms with E-state index in [1.54, 1.807) is 0 Å². The van der Waals surface area contributed by atoms with Crippen LogP contribution in [-0.2, 0) is 0 Å². The Balaban J connectivity index is 1.57. The third-order valence-corrected chi connectivity index (χ3v) is 4.21. The molecule has 130 valence electrons. The summed E-state index contributed by atoms with van der Waals surface area (Å²) in [6.07, 6.45) is 0. The fourth-order valence-electron chi connectivity index (χ4n) is 2.42. The largest absolute Gasteiger partial charge is 0.492 e. The fourth-order valence-corrected chi connectivity index (χ4v) is 2.42. The van der Waals surface area contributed by atoms with Crippen molar-refractivity contribution >= 4 is 0 Å². The summed E-state index contributed by atoms with van der Waals surface area (Å²) in [5, 5.41) is 8.38. The SMILES string of the molecule is Cc1ccc(-c2nnc(C(C)N(C)CCOc3ccccc3)o2)cc1. The van der Waals surface area contributed by atoms with Crippen molar-refractivity contribution < 1.29 is 9.15 Å². The van der Waals surface area contributed by atoms with Crippen molar-refractivity contribution in [3.8, 4) is 17.2 Å². The first-order valence-electron chi connectivity index (χ1n) is 8.42. The van der Waals surface area contributed by atoms with Gasteiger partial charge in [-0.15, -0.1) is 10.2 Å². The lowest BCUT2D eigenvalue weighted by molar-refractivity contribution is 0.182. The van der Waals surface area contributed by atoms with E-state index in [2.05, 4.69) is 28.9 Å². The predicted octanol–water partition coefficient (Wildman–Crippen LogP) is 4.12. The number of para-hydroxylation sites is 1. The molecule has 0 amide bonds. The van der Waals surface area contributed by atoms with E-state index in [9.17, 15) is 0 Å². The summed E-state index contributed by atoms with van der Waals surface area (Å²) >= 11 is 0. The number of likely N-dealkylation sites (N-methyl/N-ethyl adjacent to an activating group) is 1. The molecule has 0 saturated carbocycles. The first-order valence-corrected chi connectivity index (χ1v) is 8.42. The van der Waals surface area contributed by atoms with Gasteiger partial charge in [-0.05, 0) is 45.2 Å². The number of benzene rings is 2. The van der Waals surface area contributed by atoms with E-state index in [1.807, 2.05) is 61.6 Å². The summed E-state index contributed by atoms with van der Waals surface area (Å²) in [5.74, 6) is 2.04. The predicted molar refractivity (Wildman–Crippen MR) is 97.5 cm³/mol. The summed E-state index contributed by atoms with van der Waals surface area (Å²) in [7, 11) is 2.02. The molecule has 1 aromatic heterocycles. The fraction of sp³-hybridized carbons (Fsp3) is 0.300. The Labute approximate surface area is 148 Å². The molecule has 1 heterocycles. The van der Waals surface area contributed by atoms with Crippen LogP contribution < -0.4 is 4.74 Å². The summed E-state index contributed by atoms with van der Waals surface area (Å²) in [6, 6.07) is 17.9. The highest BCUT2D eigenvalue weighted by Crippen LogP contribution is 2.23. The van der Waals surface area contributed by atoms with Crippen molar-refractivity contribution in [2.75, 3.05) is 20.2 Å². The number of hydrogen-bond acceptors (Lipinski definition) is 5. The van der Waals surface area contributed by atoms with Gasteiger partial charge in [0.1, 0.15) is 12.4 Å². The average Bonchev–Trinajstić information content (AvgIpc) is 3.12. The standard InChI is InChI=1S/C20H23N3O2/c1-15-9-11-17(12-10-15)20-22-21-19(25-20)16(2)23(3)13-14-24-18-7-5-4-6-8-18/h4-12,16H,13-14H2,1-3H3. The van der Waals surface area contributed by atoms with Crippen LogP contribution in [0.3, 0.4) is 0 Å². The van der Waals surface area contributed by atoms with Crippen LogP contribution in [0, 0.1) is 6.92 Å². The molecular formula is C20H23N3O2. The zero-order valence-electron chi connectivity index (χ0n) is 14.8. The van der Waals surface area contributed by atoms with E-state index >= 15 is 0 Å². The molecule has 3 rings (SSSR count). The van der Waals surface area contributed by atoms with Gasteiger partial charge in [-0.1, -0.05) is 35.9 Å². The minimum Gasteiger partial charge on any atom is -0.492 e. The molecule has 5 heteroatoms. The third-order valence-electron chi connectivity index (χ3n) is 4.21. The lowest BCUT2D eigenvalue weighted by Crippen LogP contribution is -2.27. The van der Waals surface area contributed by atoms with Crippen LogP contribution in [0.15, 0.2) is 59.0 Å². The molecule has 0 radical (unpaired) electrons. The van der Waals surface area contributed by atoms with Gasteiger partial charge in [0.25, 0.3) is 0 Å². The van der Waals surface area contributed by atoms with E-state index in [4.69, 9.17) is 9.15 Å². The van der Waals surface area contributed by atoms with E-state index in [1.165, 1.54) is 5.56 Å². The highest BCUT2D eigenvalue weighted by molar-refractivity contribution is 5.52. The van der Waals surface area contributed by atoms with Gasteiger partial charge in [0.2, 0.25) is 11.8 Å². The Kier molecular flexibility index (Phi) is 5.46. The minimum absolute atomic E-state index is 0.0195. The molecule has 0 bridgehead atoms. The third kappa shape index (κ3) is 4.45. The van der Waals surface area contributed by atoms with Crippen molar-refractivity contribution in [2.24, 2.45) is 0 Å². The molecular weight excluding hydrogens is 314 g/mol. The van der Waals surface area contributed by atoms with E-state index in [-0.39, 0.29) is 6.04 Å². The van der Waals surface area contributed by atoms with Crippen LogP contribution in [-0.4, -0.2) is 35.3 Å². The van der Waals surface area contributed by atoms with Gasteiger partial charge in [0.05, 0.1) is 6.04 Å². The number of aryl methyl sites for hydroxylation is 1. The molecule has 25 heavy (non-hydrogen) atoms. The number of aromatic nitrogens is 2. The highest BCUT2D eigenvalue weighted by atomic mass is 16.5. The Morgan fingerprint density at radius 1 is 1.04 bits per heavy atom. The quantitative estimate of drug-likeness (QED) is 0.649. The minimum atomic E-state index is 0.0195. The van der Waals surface area contributed by atoms with Crippen molar-refractivity contribution in [1.82, 2.24) is 15.1 Å². The Morgan fingerprint density at radius 2 is 1.76 bits per heavy atom. The van der Waals surface area contributed by atoms with Crippen LogP contribution >= 0.6 is 0 Å². The van der Waals surface area contributed by atoms with E-state index in [0.717, 1.165) is 17.9 Å². The van der Waals surface area contributed by atoms with Crippen molar-refractivity contribution in [3.05, 3.63) is 66.1 Å². The maximum absolute atomic E-state index is 5.85. The molecule has 0 fully saturated rings. The zero-order valence-corrected chi connectivity index (χ0v) is 14.8. The lowest BCUT2D eigenvalue weighted by Gasteiger charge is -2.21. The van der Waals surface area contributed by atoms with Crippen LogP contribution in [0.1, 0.15) is 24.4 Å². The van der Waals surface area contributed by atoms with Crippen LogP contribution in [0.4, 0.5) is 0 Å². The maximum atomic E-state index is 5.85. The summed E-state index contributed by atoms with van der Waals surface area (Å²) in [4.78, 5) is 2.13. The van der Waals surface area contributed by atoms with Crippen LogP contribution in [0.2, 0.25) is 0 Å². The Bertz CT molecular complexity index is 784. The van der Waals surface area contributed by atoms with Gasteiger partial charge in [-0.3, -0.25) is 4.90 Å². The summed E-state index contributed by atoms with van der Waals surface area (Å²) in [5.41, 5.74) is 2.14. The molecule has 0 aliphatic heterocycles. The molecule has 0 N–H and O–H groups in total. The van der Waals surface area contributed by atoms with Crippen LogP contribution in [0.25, 0.3) is 11.5 Å². The Hall–Kier alpha value is -2.66. The lowest BCUT2D eigenvalue weighted by atomic mass is 10.1. The second-order valence-electron chi connectivity index (χ2n) is 6.13. The Morgan fingerprint density at radius 3 is 2.48 bits per heavy atom. The second-order valence-corrected chi connectivity index (χ2v) is 6.13. The molecule has 0 saturated heterocycles. The van der Waals surface area contributed by atoms with Gasteiger partial charge in [0.15, 0.2) is 0 Å². The molecule has 3 aromatic rings. The zero-order chi connectivity index (χ0) is 17.6. The number of hydrogen-bond donors (Lipinski definition) is 0. The average molecular weight is 337 g/mol. The van der Waals surface area contributed by atoms with Crippen molar-refractivity contribution in [2.45, 2.75) is 19.9 Å². The molecule has 0 aliphatic rings. The number of rotatable bonds is 7. The van der Waals surface area contributed by atoms with Gasteiger partial charge in [0, 0.05) is 12.1 Å². The molecule has 1 atom stereocenters. The van der Waals surface area contributed by atoms with Gasteiger partial charge >= 0.3 is 0 Å². The first kappa shape index (κ1) is 17.2. The van der Waals surface area contributed by atoms with Crippen molar-refractivity contribution in [3.63, 3.8) is 0 Å². The first-order chi connectivity index (χ1) is 12.1. The normalized spacial score (nSPS) is 12.3. The smallest absolute Gasteiger partial charge is 0.247 e. The monoisotopic (exact) mass is 337 g/mol. The second kappa shape index (κ2) is 7.94. The van der Waals surface area contributed by atoms with Gasteiger partial charge in [-0.2, -0.15) is 0 Å². The summed E-state index contributed by atoms with van der Waals surface area (Å²) < 4.78 is 11.6. The van der Waals surface area contributed by atoms with Gasteiger partial charge in [-0.25, -0.2) is 0 Å². The molecule has 2 aromatic carbocycles. The summed E-state index contributed by atoms with van der Waals surface area (Å²) in [6.45, 7) is 5.47. The molecule has 5 nitrogen and oxygen atoms in total. The molecule has 0 aliphatic carbocycles. The number of ether oxygens (including phenoxy) is 1. The van der Waals surface area contributed by atoms with Crippen molar-refractivity contribution in [1.29, 1.82) is 0 Å². The molecule has 1 unspecified atom stereocenters. The van der Waals surface area contributed by atoms with E-state index in [0.29, 0.717) is 18.4 Å².